The van der Waals surface area contributed by atoms with Crippen molar-refractivity contribution in [3.63, 3.8) is 0 Å². The maximum atomic E-state index is 12.1. The molecular weight excluding hydrogens is 237 g/mol. The van der Waals surface area contributed by atoms with Crippen LogP contribution in [-0.2, 0) is 0 Å². The van der Waals surface area contributed by atoms with Gasteiger partial charge in [-0.3, -0.25) is 0 Å². The second-order valence-electron chi connectivity index (χ2n) is 2.30. The minimum atomic E-state index is -4.49. The van der Waals surface area contributed by atoms with Crippen LogP contribution in [-0.4, -0.2) is 11.3 Å². The number of hydrogen-bond acceptors (Lipinski definition) is 1. The Labute approximate surface area is 75.7 Å². The lowest BCUT2D eigenvalue weighted by Crippen LogP contribution is -2.15. The quantitative estimate of drug-likeness (QED) is 0.691. The molecule has 5 heteroatoms. The van der Waals surface area contributed by atoms with E-state index in [1.165, 1.54) is 0 Å². The van der Waals surface area contributed by atoms with E-state index in [4.69, 9.17) is 5.11 Å². The Balaban J connectivity index is 3.02. The fraction of sp³-hybridized carbons (Fsp3) is 0.286. The Morgan fingerprint density at radius 3 is 2.42 bits per heavy atom. The summed E-state index contributed by atoms with van der Waals surface area (Å²) in [7, 11) is 0. The third kappa shape index (κ3) is 2.03. The van der Waals surface area contributed by atoms with Gasteiger partial charge in [-0.2, -0.15) is 13.2 Å². The van der Waals surface area contributed by atoms with Crippen LogP contribution < -0.4 is 0 Å². The third-order valence-corrected chi connectivity index (χ3v) is 1.93. The minimum absolute atomic E-state index is 0.297. The maximum absolute atomic E-state index is 12.1. The lowest BCUT2D eigenvalue weighted by atomic mass is 10.1. The fourth-order valence-corrected chi connectivity index (χ4v) is 1.21. The lowest BCUT2D eigenvalue weighted by Gasteiger charge is -2.15. The average molecular weight is 242 g/mol. The van der Waals surface area contributed by atoms with E-state index in [9.17, 15) is 13.2 Å². The maximum Gasteiger partial charge on any atom is 0.419 e. The van der Waals surface area contributed by atoms with Gasteiger partial charge in [0.15, 0.2) is 0 Å². The zero-order valence-electron chi connectivity index (χ0n) is 5.82. The van der Waals surface area contributed by atoms with E-state index in [1.807, 2.05) is 0 Å². The number of aliphatic hydroxyl groups excluding tert-OH is 1. The zero-order chi connectivity index (χ0) is 9.35. The second-order valence-corrected chi connectivity index (χ2v) is 3.31. The van der Waals surface area contributed by atoms with Gasteiger partial charge in [0.25, 0.3) is 0 Å². The molecule has 0 bridgehead atoms. The fourth-order valence-electron chi connectivity index (χ4n) is 0.821. The summed E-state index contributed by atoms with van der Waals surface area (Å²) >= 11 is 2.93. The molecule has 0 saturated heterocycles. The molecule has 0 spiro atoms. The highest BCUT2D eigenvalue weighted by Gasteiger charge is 2.36. The van der Waals surface area contributed by atoms with Crippen molar-refractivity contribution < 1.29 is 18.3 Å². The van der Waals surface area contributed by atoms with Gasteiger partial charge in [-0.1, -0.05) is 15.9 Å². The van der Waals surface area contributed by atoms with Gasteiger partial charge in [0, 0.05) is 6.42 Å². The standard InChI is InChI=1S/C7H5BrF3O/c8-4-1-2-6(12)5(3-4)7(9,10)11/h2-3,12H,1H2. The van der Waals surface area contributed by atoms with E-state index in [0.29, 0.717) is 10.9 Å². The van der Waals surface area contributed by atoms with Gasteiger partial charge >= 0.3 is 6.18 Å². The summed E-state index contributed by atoms with van der Waals surface area (Å²) in [5, 5.41) is 8.86. The molecule has 1 radical (unpaired) electrons. The van der Waals surface area contributed by atoms with Crippen molar-refractivity contribution in [3.05, 3.63) is 28.3 Å². The third-order valence-electron chi connectivity index (χ3n) is 1.37. The summed E-state index contributed by atoms with van der Waals surface area (Å²) < 4.78 is 36.6. The number of alkyl halides is 3. The molecule has 67 valence electrons. The Morgan fingerprint density at radius 1 is 1.42 bits per heavy atom. The first kappa shape index (κ1) is 9.64. The number of halogens is 4. The Hall–Kier alpha value is -0.450. The topological polar surface area (TPSA) is 20.2 Å². The molecule has 0 heterocycles. The molecule has 0 amide bonds. The molecule has 0 unspecified atom stereocenters. The molecule has 0 aromatic rings. The first-order chi connectivity index (χ1) is 5.41. The minimum Gasteiger partial charge on any atom is -0.511 e. The highest BCUT2D eigenvalue weighted by atomic mass is 79.9. The predicted octanol–water partition coefficient (Wildman–Crippen LogP) is 3.25. The first-order valence-corrected chi connectivity index (χ1v) is 3.90. The van der Waals surface area contributed by atoms with Crippen LogP contribution in [0.4, 0.5) is 13.2 Å². The molecule has 0 saturated carbocycles. The van der Waals surface area contributed by atoms with E-state index in [2.05, 4.69) is 15.9 Å². The van der Waals surface area contributed by atoms with Gasteiger partial charge < -0.3 is 5.11 Å². The number of allylic oxidation sites excluding steroid dienone is 4. The number of rotatable bonds is 0. The molecule has 0 atom stereocenters. The van der Waals surface area contributed by atoms with E-state index in [-0.39, 0.29) is 0 Å². The van der Waals surface area contributed by atoms with Gasteiger partial charge in [-0.15, -0.1) is 0 Å². The SMILES string of the molecule is OC1=C(C(F)(F)F)C=C(Br)C[CH]1. The summed E-state index contributed by atoms with van der Waals surface area (Å²) in [4.78, 5) is 0. The number of aliphatic hydroxyl groups is 1. The summed E-state index contributed by atoms with van der Waals surface area (Å²) in [6.07, 6.45) is -2.19. The van der Waals surface area contributed by atoms with Crippen LogP contribution in [0.1, 0.15) is 6.42 Å². The molecule has 1 rings (SSSR count). The van der Waals surface area contributed by atoms with Crippen LogP contribution in [0.2, 0.25) is 0 Å². The van der Waals surface area contributed by atoms with Crippen molar-refractivity contribution in [2.75, 3.05) is 0 Å². The van der Waals surface area contributed by atoms with Crippen molar-refractivity contribution in [2.45, 2.75) is 12.6 Å². The van der Waals surface area contributed by atoms with Gasteiger partial charge in [0.2, 0.25) is 0 Å². The van der Waals surface area contributed by atoms with Gasteiger partial charge in [-0.05, 0) is 17.0 Å². The molecule has 0 fully saturated rings. The van der Waals surface area contributed by atoms with Gasteiger partial charge in [-0.25, -0.2) is 0 Å². The van der Waals surface area contributed by atoms with Crippen LogP contribution in [0, 0.1) is 6.42 Å². The molecule has 1 nitrogen and oxygen atoms in total. The molecule has 12 heavy (non-hydrogen) atoms. The molecule has 1 aliphatic rings. The summed E-state index contributed by atoms with van der Waals surface area (Å²) in [6, 6.07) is 0. The molecule has 0 aromatic carbocycles. The van der Waals surface area contributed by atoms with Crippen LogP contribution >= 0.6 is 15.9 Å². The van der Waals surface area contributed by atoms with Crippen LogP contribution in [0.3, 0.4) is 0 Å². The first-order valence-electron chi connectivity index (χ1n) is 3.11. The molecule has 0 aromatic heterocycles. The highest BCUT2D eigenvalue weighted by molar-refractivity contribution is 9.11. The van der Waals surface area contributed by atoms with Crippen molar-refractivity contribution in [2.24, 2.45) is 0 Å². The molecule has 1 N–H and O–H groups in total. The number of hydrogen-bond donors (Lipinski definition) is 1. The van der Waals surface area contributed by atoms with E-state index >= 15 is 0 Å². The predicted molar refractivity (Wildman–Crippen MR) is 41.6 cm³/mol. The smallest absolute Gasteiger partial charge is 0.419 e. The van der Waals surface area contributed by atoms with Crippen molar-refractivity contribution in [1.82, 2.24) is 0 Å². The van der Waals surface area contributed by atoms with Crippen molar-refractivity contribution >= 4 is 15.9 Å². The molecule has 1 aliphatic carbocycles. The average Bonchev–Trinajstić information content (AvgIpc) is 1.92. The van der Waals surface area contributed by atoms with Crippen molar-refractivity contribution in [3.8, 4) is 0 Å². The normalized spacial score (nSPS) is 19.5. The van der Waals surface area contributed by atoms with Crippen molar-refractivity contribution in [1.29, 1.82) is 0 Å². The largest absolute Gasteiger partial charge is 0.511 e. The summed E-state index contributed by atoms with van der Waals surface area (Å²) in [6.45, 7) is 0. The van der Waals surface area contributed by atoms with Crippen LogP contribution in [0.25, 0.3) is 0 Å². The van der Waals surface area contributed by atoms with E-state index in [0.717, 1.165) is 12.5 Å². The van der Waals surface area contributed by atoms with Crippen LogP contribution in [0.5, 0.6) is 0 Å². The summed E-state index contributed by atoms with van der Waals surface area (Å²) in [5.74, 6) is -0.703. The van der Waals surface area contributed by atoms with E-state index < -0.39 is 17.5 Å². The highest BCUT2D eigenvalue weighted by Crippen LogP contribution is 2.35. The molecule has 0 aliphatic heterocycles. The monoisotopic (exact) mass is 241 g/mol. The molecular formula is C7H5BrF3O. The Morgan fingerprint density at radius 2 is 2.00 bits per heavy atom. The Kier molecular flexibility index (Phi) is 2.51. The Bertz CT molecular complexity index is 252. The lowest BCUT2D eigenvalue weighted by molar-refractivity contribution is -0.0908. The van der Waals surface area contributed by atoms with Gasteiger partial charge in [0.05, 0.1) is 5.57 Å². The zero-order valence-corrected chi connectivity index (χ0v) is 7.41. The van der Waals surface area contributed by atoms with Crippen LogP contribution in [0.15, 0.2) is 21.9 Å². The summed E-state index contributed by atoms with van der Waals surface area (Å²) in [5.41, 5.74) is -0.999. The van der Waals surface area contributed by atoms with E-state index in [1.54, 1.807) is 0 Å². The van der Waals surface area contributed by atoms with Gasteiger partial charge in [0.1, 0.15) is 5.76 Å². The second kappa shape index (κ2) is 3.12.